The van der Waals surface area contributed by atoms with Crippen LogP contribution in [0.5, 0.6) is 5.75 Å². The zero-order valence-electron chi connectivity index (χ0n) is 8.78. The van der Waals surface area contributed by atoms with Gasteiger partial charge in [-0.1, -0.05) is 28.4 Å². The summed E-state index contributed by atoms with van der Waals surface area (Å²) in [5, 5.41) is 9.13. The van der Waals surface area contributed by atoms with Crippen molar-refractivity contribution >= 4 is 21.9 Å². The minimum atomic E-state index is -0.742. The highest BCUT2D eigenvalue weighted by Gasteiger charge is 2.45. The lowest BCUT2D eigenvalue weighted by Crippen LogP contribution is -2.43. The van der Waals surface area contributed by atoms with Gasteiger partial charge in [-0.25, -0.2) is 0 Å². The molecule has 2 rings (SSSR count). The van der Waals surface area contributed by atoms with Gasteiger partial charge in [0.05, 0.1) is 0 Å². The summed E-state index contributed by atoms with van der Waals surface area (Å²) < 4.78 is 6.48. The molecule has 0 unspecified atom stereocenters. The predicted octanol–water partition coefficient (Wildman–Crippen LogP) is 3.08. The lowest BCUT2D eigenvalue weighted by Gasteiger charge is -2.37. The van der Waals surface area contributed by atoms with E-state index in [0.29, 0.717) is 5.75 Å². The average molecular weight is 285 g/mol. The number of ether oxygens (including phenoxy) is 1. The highest BCUT2D eigenvalue weighted by atomic mass is 79.9. The molecule has 0 heterocycles. The van der Waals surface area contributed by atoms with Crippen LogP contribution >= 0.6 is 15.9 Å². The number of hydrogen-bond acceptors (Lipinski definition) is 2. The molecule has 1 aliphatic carbocycles. The van der Waals surface area contributed by atoms with Crippen molar-refractivity contribution in [3.05, 3.63) is 28.7 Å². The Morgan fingerprint density at radius 1 is 1.50 bits per heavy atom. The van der Waals surface area contributed by atoms with Crippen molar-refractivity contribution in [2.24, 2.45) is 5.41 Å². The smallest absolute Gasteiger partial charge is 0.313 e. The Kier molecular flexibility index (Phi) is 3.19. The molecule has 3 nitrogen and oxygen atoms in total. The lowest BCUT2D eigenvalue weighted by molar-refractivity contribution is -0.157. The molecular formula is C12H13BrO3. The molecule has 4 heteroatoms. The Bertz CT molecular complexity index is 399. The SMILES string of the molecule is O=C(O)C1(COc2cccc(Br)c2)CCC1. The lowest BCUT2D eigenvalue weighted by atomic mass is 9.69. The third kappa shape index (κ3) is 2.21. The van der Waals surface area contributed by atoms with E-state index in [-0.39, 0.29) is 6.61 Å². The third-order valence-corrected chi connectivity index (χ3v) is 3.57. The molecule has 0 aromatic heterocycles. The largest absolute Gasteiger partial charge is 0.492 e. The number of halogens is 1. The van der Waals surface area contributed by atoms with E-state index in [4.69, 9.17) is 9.84 Å². The second-order valence-electron chi connectivity index (χ2n) is 4.19. The summed E-state index contributed by atoms with van der Waals surface area (Å²) in [4.78, 5) is 11.1. The molecule has 16 heavy (non-hydrogen) atoms. The monoisotopic (exact) mass is 284 g/mol. The van der Waals surface area contributed by atoms with Crippen molar-refractivity contribution in [1.82, 2.24) is 0 Å². The number of benzene rings is 1. The van der Waals surface area contributed by atoms with Gasteiger partial charge < -0.3 is 9.84 Å². The van der Waals surface area contributed by atoms with Crippen LogP contribution in [0.15, 0.2) is 28.7 Å². The van der Waals surface area contributed by atoms with Crippen molar-refractivity contribution in [3.8, 4) is 5.75 Å². The number of rotatable bonds is 4. The summed E-state index contributed by atoms with van der Waals surface area (Å²) in [6.07, 6.45) is 2.42. The first kappa shape index (κ1) is 11.5. The van der Waals surface area contributed by atoms with Crippen molar-refractivity contribution in [1.29, 1.82) is 0 Å². The van der Waals surface area contributed by atoms with Crippen molar-refractivity contribution in [2.75, 3.05) is 6.61 Å². The zero-order valence-corrected chi connectivity index (χ0v) is 10.4. The van der Waals surface area contributed by atoms with Gasteiger partial charge in [0.1, 0.15) is 17.8 Å². The van der Waals surface area contributed by atoms with E-state index in [2.05, 4.69) is 15.9 Å². The topological polar surface area (TPSA) is 46.5 Å². The fourth-order valence-electron chi connectivity index (χ4n) is 1.80. The van der Waals surface area contributed by atoms with Crippen LogP contribution in [-0.4, -0.2) is 17.7 Å². The first-order valence-corrected chi connectivity index (χ1v) is 6.03. The van der Waals surface area contributed by atoms with Gasteiger partial charge in [0.15, 0.2) is 0 Å². The summed E-state index contributed by atoms with van der Waals surface area (Å²) in [6.45, 7) is 0.263. The normalized spacial score (nSPS) is 17.6. The number of carbonyl (C=O) groups is 1. The molecule has 1 saturated carbocycles. The molecule has 0 spiro atoms. The average Bonchev–Trinajstić information content (AvgIpc) is 2.15. The molecule has 0 saturated heterocycles. The zero-order chi connectivity index (χ0) is 11.6. The maximum atomic E-state index is 11.1. The van der Waals surface area contributed by atoms with Crippen molar-refractivity contribution < 1.29 is 14.6 Å². The van der Waals surface area contributed by atoms with Crippen LogP contribution in [0.3, 0.4) is 0 Å². The minimum absolute atomic E-state index is 0.263. The van der Waals surface area contributed by atoms with E-state index >= 15 is 0 Å². The Balaban J connectivity index is 1.99. The van der Waals surface area contributed by atoms with Gasteiger partial charge in [-0.3, -0.25) is 4.79 Å². The van der Waals surface area contributed by atoms with E-state index in [0.717, 1.165) is 23.7 Å². The Labute approximate surface area is 103 Å². The Morgan fingerprint density at radius 2 is 2.25 bits per heavy atom. The molecule has 0 amide bonds. The predicted molar refractivity (Wildman–Crippen MR) is 63.6 cm³/mol. The number of carboxylic acid groups (broad SMARTS) is 1. The van der Waals surface area contributed by atoms with Crippen LogP contribution < -0.4 is 4.74 Å². The van der Waals surface area contributed by atoms with Gasteiger partial charge in [0, 0.05) is 4.47 Å². The van der Waals surface area contributed by atoms with Gasteiger partial charge in [0.2, 0.25) is 0 Å². The molecule has 1 N–H and O–H groups in total. The van der Waals surface area contributed by atoms with Gasteiger partial charge in [-0.15, -0.1) is 0 Å². The summed E-state index contributed by atoms with van der Waals surface area (Å²) in [5.74, 6) is -0.0318. The quantitative estimate of drug-likeness (QED) is 0.924. The van der Waals surface area contributed by atoms with E-state index < -0.39 is 11.4 Å². The molecule has 1 aliphatic rings. The van der Waals surface area contributed by atoms with E-state index in [1.807, 2.05) is 24.3 Å². The van der Waals surface area contributed by atoms with Crippen LogP contribution in [0.1, 0.15) is 19.3 Å². The molecule has 0 radical (unpaired) electrons. The van der Waals surface area contributed by atoms with Crippen LogP contribution in [0.4, 0.5) is 0 Å². The Hall–Kier alpha value is -1.03. The summed E-state index contributed by atoms with van der Waals surface area (Å²) in [6, 6.07) is 7.45. The molecule has 1 aromatic rings. The molecule has 0 aliphatic heterocycles. The van der Waals surface area contributed by atoms with Gasteiger partial charge in [-0.05, 0) is 31.0 Å². The maximum Gasteiger partial charge on any atom is 0.313 e. The number of carboxylic acids is 1. The standard InChI is InChI=1S/C12H13BrO3/c13-9-3-1-4-10(7-9)16-8-12(11(14)15)5-2-6-12/h1,3-4,7H,2,5-6,8H2,(H,14,15). The second kappa shape index (κ2) is 4.45. The summed E-state index contributed by atoms with van der Waals surface area (Å²) >= 11 is 3.35. The molecule has 1 aromatic carbocycles. The first-order chi connectivity index (χ1) is 7.62. The first-order valence-electron chi connectivity index (χ1n) is 5.24. The highest BCUT2D eigenvalue weighted by Crippen LogP contribution is 2.41. The van der Waals surface area contributed by atoms with Crippen molar-refractivity contribution in [3.63, 3.8) is 0 Å². The molecule has 0 bridgehead atoms. The fraction of sp³-hybridized carbons (Fsp3) is 0.417. The molecular weight excluding hydrogens is 272 g/mol. The van der Waals surface area contributed by atoms with E-state index in [1.165, 1.54) is 0 Å². The minimum Gasteiger partial charge on any atom is -0.492 e. The second-order valence-corrected chi connectivity index (χ2v) is 5.10. The van der Waals surface area contributed by atoms with Crippen LogP contribution in [0, 0.1) is 5.41 Å². The highest BCUT2D eigenvalue weighted by molar-refractivity contribution is 9.10. The number of hydrogen-bond donors (Lipinski definition) is 1. The maximum absolute atomic E-state index is 11.1. The van der Waals surface area contributed by atoms with Gasteiger partial charge in [-0.2, -0.15) is 0 Å². The molecule has 86 valence electrons. The number of aliphatic carboxylic acids is 1. The third-order valence-electron chi connectivity index (χ3n) is 3.08. The fourth-order valence-corrected chi connectivity index (χ4v) is 2.18. The van der Waals surface area contributed by atoms with Crippen LogP contribution in [-0.2, 0) is 4.79 Å². The summed E-state index contributed by atoms with van der Waals surface area (Å²) in [5.41, 5.74) is -0.650. The van der Waals surface area contributed by atoms with E-state index in [1.54, 1.807) is 0 Å². The summed E-state index contributed by atoms with van der Waals surface area (Å²) in [7, 11) is 0. The Morgan fingerprint density at radius 3 is 2.75 bits per heavy atom. The van der Waals surface area contributed by atoms with E-state index in [9.17, 15) is 4.79 Å². The molecule has 1 fully saturated rings. The van der Waals surface area contributed by atoms with Gasteiger partial charge >= 0.3 is 5.97 Å². The van der Waals surface area contributed by atoms with Crippen LogP contribution in [0.2, 0.25) is 0 Å². The van der Waals surface area contributed by atoms with Gasteiger partial charge in [0.25, 0.3) is 0 Å². The molecule has 0 atom stereocenters. The van der Waals surface area contributed by atoms with Crippen molar-refractivity contribution in [2.45, 2.75) is 19.3 Å². The van der Waals surface area contributed by atoms with Crippen LogP contribution in [0.25, 0.3) is 0 Å².